The summed E-state index contributed by atoms with van der Waals surface area (Å²) in [7, 11) is 0. The molecule has 35 heavy (non-hydrogen) atoms. The molecule has 0 unspecified atom stereocenters. The van der Waals surface area contributed by atoms with E-state index in [1.165, 1.54) is 23.0 Å². The van der Waals surface area contributed by atoms with Crippen molar-refractivity contribution in [3.63, 3.8) is 0 Å². The molecule has 0 atom stereocenters. The SMILES string of the molecule is O=C(Nc1ccc(N2CCOCC2)cc1)c1cn(Cc2c(F)cccc2F)c2cccnc2c1=O. The molecule has 0 bridgehead atoms. The Bertz CT molecular complexity index is 1430. The summed E-state index contributed by atoms with van der Waals surface area (Å²) in [6, 6.07) is 14.1. The van der Waals surface area contributed by atoms with Crippen LogP contribution in [0.1, 0.15) is 15.9 Å². The van der Waals surface area contributed by atoms with Gasteiger partial charge in [-0.25, -0.2) is 8.78 Å². The minimum absolute atomic E-state index is 0.0413. The molecule has 1 aliphatic rings. The van der Waals surface area contributed by atoms with E-state index >= 15 is 0 Å². The lowest BCUT2D eigenvalue weighted by atomic mass is 10.1. The summed E-state index contributed by atoms with van der Waals surface area (Å²) in [5.41, 5.74) is 1.02. The maximum Gasteiger partial charge on any atom is 0.261 e. The normalized spacial score (nSPS) is 13.7. The van der Waals surface area contributed by atoms with Gasteiger partial charge in [-0.2, -0.15) is 0 Å². The Kier molecular flexibility index (Phi) is 6.24. The number of nitrogens with one attached hydrogen (secondary N) is 1. The minimum Gasteiger partial charge on any atom is -0.378 e. The first-order chi connectivity index (χ1) is 17.0. The van der Waals surface area contributed by atoms with E-state index < -0.39 is 23.0 Å². The Labute approximate surface area is 199 Å². The molecule has 3 heterocycles. The molecule has 1 aliphatic heterocycles. The number of aromatic nitrogens is 2. The standard InChI is InChI=1S/C26H22F2N4O3/c27-21-3-1-4-22(28)19(21)15-32-16-20(25(33)24-23(32)5-2-10-29-24)26(34)30-17-6-8-18(9-7-17)31-11-13-35-14-12-31/h1-10,16H,11-15H2,(H,30,34). The quantitative estimate of drug-likeness (QED) is 0.474. The first-order valence-corrected chi connectivity index (χ1v) is 11.2. The van der Waals surface area contributed by atoms with Gasteiger partial charge in [-0.1, -0.05) is 6.07 Å². The zero-order valence-electron chi connectivity index (χ0n) is 18.7. The number of halogens is 2. The summed E-state index contributed by atoms with van der Waals surface area (Å²) in [5.74, 6) is -2.07. The number of rotatable bonds is 5. The Balaban J connectivity index is 1.46. The number of carbonyl (C=O) groups is 1. The highest BCUT2D eigenvalue weighted by Gasteiger charge is 2.19. The molecule has 2 aromatic carbocycles. The predicted octanol–water partition coefficient (Wildman–Crippen LogP) is 3.81. The van der Waals surface area contributed by atoms with Crippen molar-refractivity contribution >= 4 is 28.3 Å². The van der Waals surface area contributed by atoms with Gasteiger partial charge in [-0.3, -0.25) is 14.6 Å². The molecule has 178 valence electrons. The van der Waals surface area contributed by atoms with Crippen molar-refractivity contribution < 1.29 is 18.3 Å². The summed E-state index contributed by atoms with van der Waals surface area (Å²) in [6.07, 6.45) is 2.75. The number of carbonyl (C=O) groups excluding carboxylic acids is 1. The average Bonchev–Trinajstić information content (AvgIpc) is 2.88. The van der Waals surface area contributed by atoms with Gasteiger partial charge in [-0.05, 0) is 48.5 Å². The molecule has 1 fully saturated rings. The van der Waals surface area contributed by atoms with Gasteiger partial charge >= 0.3 is 0 Å². The van der Waals surface area contributed by atoms with E-state index in [1.807, 2.05) is 12.1 Å². The number of hydrogen-bond donors (Lipinski definition) is 1. The van der Waals surface area contributed by atoms with Crippen LogP contribution in [0.25, 0.3) is 11.0 Å². The van der Waals surface area contributed by atoms with E-state index in [4.69, 9.17) is 4.74 Å². The van der Waals surface area contributed by atoms with Crippen molar-refractivity contribution in [2.75, 3.05) is 36.5 Å². The zero-order valence-corrected chi connectivity index (χ0v) is 18.7. The van der Waals surface area contributed by atoms with Gasteiger partial charge in [0.05, 0.1) is 25.3 Å². The number of pyridine rings is 2. The molecule has 1 amide bonds. The monoisotopic (exact) mass is 476 g/mol. The van der Waals surface area contributed by atoms with E-state index in [2.05, 4.69) is 15.2 Å². The summed E-state index contributed by atoms with van der Waals surface area (Å²) in [5, 5.41) is 2.74. The van der Waals surface area contributed by atoms with Crippen molar-refractivity contribution in [3.8, 4) is 0 Å². The van der Waals surface area contributed by atoms with Crippen molar-refractivity contribution in [2.45, 2.75) is 6.54 Å². The van der Waals surface area contributed by atoms with E-state index in [1.54, 1.807) is 24.3 Å². The van der Waals surface area contributed by atoms with Crippen LogP contribution in [0.4, 0.5) is 20.2 Å². The largest absolute Gasteiger partial charge is 0.378 e. The first-order valence-electron chi connectivity index (χ1n) is 11.2. The van der Waals surface area contributed by atoms with E-state index in [0.29, 0.717) is 24.4 Å². The molecule has 5 rings (SSSR count). The minimum atomic E-state index is -0.716. The van der Waals surface area contributed by atoms with Crippen molar-refractivity contribution in [2.24, 2.45) is 0 Å². The Morgan fingerprint density at radius 2 is 1.71 bits per heavy atom. The third kappa shape index (κ3) is 4.63. The highest BCUT2D eigenvalue weighted by atomic mass is 19.1. The van der Waals surface area contributed by atoms with Crippen LogP contribution in [0, 0.1) is 11.6 Å². The molecule has 7 nitrogen and oxygen atoms in total. The molecule has 0 aliphatic carbocycles. The molecule has 1 saturated heterocycles. The van der Waals surface area contributed by atoms with Gasteiger partial charge in [0.25, 0.3) is 5.91 Å². The maximum absolute atomic E-state index is 14.3. The number of hydrogen-bond acceptors (Lipinski definition) is 5. The number of ether oxygens (including phenoxy) is 1. The third-order valence-electron chi connectivity index (χ3n) is 5.98. The highest BCUT2D eigenvalue weighted by molar-refractivity contribution is 6.05. The van der Waals surface area contributed by atoms with Crippen LogP contribution in [-0.4, -0.2) is 41.8 Å². The highest BCUT2D eigenvalue weighted by Crippen LogP contribution is 2.21. The van der Waals surface area contributed by atoms with E-state index in [-0.39, 0.29) is 23.2 Å². The molecule has 1 N–H and O–H groups in total. The van der Waals surface area contributed by atoms with Crippen molar-refractivity contribution in [3.05, 3.63) is 100.0 Å². The first kappa shape index (κ1) is 22.7. The maximum atomic E-state index is 14.3. The molecule has 9 heteroatoms. The van der Waals surface area contributed by atoms with Crippen molar-refractivity contribution in [1.29, 1.82) is 0 Å². The van der Waals surface area contributed by atoms with Gasteiger partial charge in [0, 0.05) is 42.4 Å². The van der Waals surface area contributed by atoms with Crippen LogP contribution in [0.5, 0.6) is 0 Å². The molecule has 0 spiro atoms. The topological polar surface area (TPSA) is 76.5 Å². The second-order valence-corrected chi connectivity index (χ2v) is 8.17. The molecular weight excluding hydrogens is 454 g/mol. The Hall–Kier alpha value is -4.11. The van der Waals surface area contributed by atoms with Crippen LogP contribution in [0.3, 0.4) is 0 Å². The molecular formula is C26H22F2N4O3. The lowest BCUT2D eigenvalue weighted by Crippen LogP contribution is -2.36. The smallest absolute Gasteiger partial charge is 0.261 e. The Morgan fingerprint density at radius 1 is 1.00 bits per heavy atom. The fourth-order valence-corrected chi connectivity index (χ4v) is 4.14. The van der Waals surface area contributed by atoms with Crippen LogP contribution >= 0.6 is 0 Å². The Morgan fingerprint density at radius 3 is 2.43 bits per heavy atom. The van der Waals surface area contributed by atoms with Crippen LogP contribution in [0.15, 0.2) is 71.8 Å². The number of benzene rings is 2. The van der Waals surface area contributed by atoms with E-state index in [9.17, 15) is 18.4 Å². The van der Waals surface area contributed by atoms with Crippen LogP contribution in [0.2, 0.25) is 0 Å². The fraction of sp³-hybridized carbons (Fsp3) is 0.192. The predicted molar refractivity (Wildman–Crippen MR) is 129 cm³/mol. The summed E-state index contributed by atoms with van der Waals surface area (Å²) < 4.78 is 35.4. The van der Waals surface area contributed by atoms with Gasteiger partial charge in [0.15, 0.2) is 0 Å². The number of amides is 1. The lowest BCUT2D eigenvalue weighted by Gasteiger charge is -2.28. The summed E-state index contributed by atoms with van der Waals surface area (Å²) in [6.45, 7) is 2.69. The summed E-state index contributed by atoms with van der Waals surface area (Å²) >= 11 is 0. The average molecular weight is 476 g/mol. The van der Waals surface area contributed by atoms with Gasteiger partial charge in [0.2, 0.25) is 5.43 Å². The lowest BCUT2D eigenvalue weighted by molar-refractivity contribution is 0.102. The van der Waals surface area contributed by atoms with Gasteiger partial charge in [0.1, 0.15) is 22.7 Å². The summed E-state index contributed by atoms with van der Waals surface area (Å²) in [4.78, 5) is 32.4. The number of nitrogens with zero attached hydrogens (tertiary/aromatic N) is 3. The van der Waals surface area contributed by atoms with Crippen molar-refractivity contribution in [1.82, 2.24) is 9.55 Å². The third-order valence-corrected chi connectivity index (χ3v) is 5.98. The van der Waals surface area contributed by atoms with Gasteiger partial charge in [-0.15, -0.1) is 0 Å². The van der Waals surface area contributed by atoms with Crippen LogP contribution in [-0.2, 0) is 11.3 Å². The zero-order chi connectivity index (χ0) is 24.4. The molecule has 0 radical (unpaired) electrons. The fourth-order valence-electron chi connectivity index (χ4n) is 4.14. The molecule has 4 aromatic rings. The second-order valence-electron chi connectivity index (χ2n) is 8.17. The molecule has 2 aromatic heterocycles. The second kappa shape index (κ2) is 9.63. The number of morpholine rings is 1. The van der Waals surface area contributed by atoms with E-state index in [0.717, 1.165) is 30.9 Å². The van der Waals surface area contributed by atoms with Crippen LogP contribution < -0.4 is 15.6 Å². The number of fused-ring (bicyclic) bond motifs is 1. The number of anilines is 2. The molecule has 0 saturated carbocycles. The van der Waals surface area contributed by atoms with Gasteiger partial charge < -0.3 is 19.5 Å².